The molecule has 7 heteroatoms. The lowest BCUT2D eigenvalue weighted by molar-refractivity contribution is -0.132. The van der Waals surface area contributed by atoms with Gasteiger partial charge in [-0.1, -0.05) is 6.92 Å². The van der Waals surface area contributed by atoms with E-state index in [4.69, 9.17) is 4.42 Å². The summed E-state index contributed by atoms with van der Waals surface area (Å²) >= 11 is 0. The minimum atomic E-state index is 0.0649. The van der Waals surface area contributed by atoms with E-state index in [1.54, 1.807) is 13.1 Å². The van der Waals surface area contributed by atoms with Gasteiger partial charge in [0.25, 0.3) is 0 Å². The van der Waals surface area contributed by atoms with Gasteiger partial charge < -0.3 is 13.9 Å². The molecule has 1 saturated heterocycles. The predicted octanol–water partition coefficient (Wildman–Crippen LogP) is 1.59. The van der Waals surface area contributed by atoms with Gasteiger partial charge in [0.1, 0.15) is 11.6 Å². The van der Waals surface area contributed by atoms with Crippen molar-refractivity contribution in [1.29, 1.82) is 0 Å². The van der Waals surface area contributed by atoms with Crippen LogP contribution >= 0.6 is 0 Å². The van der Waals surface area contributed by atoms with Crippen LogP contribution in [0, 0.1) is 0 Å². The van der Waals surface area contributed by atoms with Gasteiger partial charge in [0, 0.05) is 51.9 Å². The van der Waals surface area contributed by atoms with Crippen molar-refractivity contribution >= 4 is 5.91 Å². The summed E-state index contributed by atoms with van der Waals surface area (Å²) in [5.74, 6) is 2.58. The van der Waals surface area contributed by atoms with Crippen LogP contribution < -0.4 is 0 Å². The number of imidazole rings is 1. The zero-order valence-electron chi connectivity index (χ0n) is 14.6. The van der Waals surface area contributed by atoms with Gasteiger partial charge >= 0.3 is 0 Å². The van der Waals surface area contributed by atoms with E-state index in [-0.39, 0.29) is 11.9 Å². The summed E-state index contributed by atoms with van der Waals surface area (Å²) in [4.78, 5) is 25.0. The monoisotopic (exact) mass is 331 g/mol. The van der Waals surface area contributed by atoms with Gasteiger partial charge in [0.05, 0.1) is 19.3 Å². The summed E-state index contributed by atoms with van der Waals surface area (Å²) in [6.45, 7) is 6.71. The van der Waals surface area contributed by atoms with Gasteiger partial charge in [-0.15, -0.1) is 0 Å². The molecule has 1 amide bonds. The molecule has 1 aliphatic rings. The number of amides is 1. The van der Waals surface area contributed by atoms with E-state index in [2.05, 4.69) is 14.9 Å². The average molecular weight is 331 g/mol. The second kappa shape index (κ2) is 7.17. The van der Waals surface area contributed by atoms with E-state index in [1.807, 2.05) is 35.8 Å². The summed E-state index contributed by atoms with van der Waals surface area (Å²) in [7, 11) is 2.01. The Hall–Kier alpha value is -2.15. The summed E-state index contributed by atoms with van der Waals surface area (Å²) < 4.78 is 7.71. The first-order valence-corrected chi connectivity index (χ1v) is 8.46. The molecule has 1 unspecified atom stereocenters. The molecule has 7 nitrogen and oxygen atoms in total. The summed E-state index contributed by atoms with van der Waals surface area (Å²) in [6.07, 6.45) is 7.30. The van der Waals surface area contributed by atoms with Gasteiger partial charge in [-0.2, -0.15) is 0 Å². The lowest BCUT2D eigenvalue weighted by atomic mass is 10.2. The van der Waals surface area contributed by atoms with E-state index < -0.39 is 0 Å². The molecule has 0 spiro atoms. The zero-order valence-corrected chi connectivity index (χ0v) is 14.6. The lowest BCUT2D eigenvalue weighted by Crippen LogP contribution is -2.40. The van der Waals surface area contributed by atoms with E-state index in [0.29, 0.717) is 12.4 Å². The molecule has 130 valence electrons. The van der Waals surface area contributed by atoms with Crippen molar-refractivity contribution in [3.05, 3.63) is 36.1 Å². The Bertz CT molecular complexity index is 693. The molecule has 24 heavy (non-hydrogen) atoms. The molecule has 2 aromatic heterocycles. The number of carbonyl (C=O) groups excluding carboxylic acids is 1. The van der Waals surface area contributed by atoms with Crippen molar-refractivity contribution in [3.8, 4) is 0 Å². The number of likely N-dealkylation sites (tertiary alicyclic amines) is 1. The van der Waals surface area contributed by atoms with Crippen LogP contribution in [0.4, 0.5) is 0 Å². The Labute approximate surface area is 142 Å². The quantitative estimate of drug-likeness (QED) is 0.804. The SMILES string of the molecule is CCc1cnc(CN(C(C)=O)C2CCN(Cc3nccn3C)C2)o1. The third-order valence-electron chi connectivity index (χ3n) is 4.63. The number of aromatic nitrogens is 3. The fraction of sp³-hybridized carbons (Fsp3) is 0.588. The van der Waals surface area contributed by atoms with Crippen molar-refractivity contribution in [2.45, 2.75) is 45.8 Å². The first-order chi connectivity index (χ1) is 11.6. The smallest absolute Gasteiger partial charge is 0.220 e. The van der Waals surface area contributed by atoms with E-state index in [1.165, 1.54) is 0 Å². The molecule has 1 fully saturated rings. The zero-order chi connectivity index (χ0) is 17.1. The van der Waals surface area contributed by atoms with Crippen molar-refractivity contribution in [3.63, 3.8) is 0 Å². The number of nitrogens with zero attached hydrogens (tertiary/aromatic N) is 5. The van der Waals surface area contributed by atoms with E-state index in [0.717, 1.165) is 44.1 Å². The summed E-state index contributed by atoms with van der Waals surface area (Å²) in [5, 5.41) is 0. The minimum absolute atomic E-state index is 0.0649. The standard InChI is InChI=1S/C17H25N5O2/c1-4-15-9-19-17(24-15)12-22(13(2)23)14-5-7-21(10-14)11-16-18-6-8-20(16)3/h6,8-9,14H,4-5,7,10-12H2,1-3H3. The fourth-order valence-corrected chi connectivity index (χ4v) is 3.19. The van der Waals surface area contributed by atoms with Crippen molar-refractivity contribution in [1.82, 2.24) is 24.3 Å². The van der Waals surface area contributed by atoms with E-state index in [9.17, 15) is 4.79 Å². The molecule has 1 aliphatic heterocycles. The first-order valence-electron chi connectivity index (χ1n) is 8.46. The first kappa shape index (κ1) is 16.7. The van der Waals surface area contributed by atoms with Crippen LogP contribution in [0.3, 0.4) is 0 Å². The van der Waals surface area contributed by atoms with Gasteiger partial charge in [-0.25, -0.2) is 9.97 Å². The molecule has 0 radical (unpaired) electrons. The van der Waals surface area contributed by atoms with Crippen LogP contribution in [0.5, 0.6) is 0 Å². The molecule has 3 heterocycles. The summed E-state index contributed by atoms with van der Waals surface area (Å²) in [6, 6.07) is 0.194. The second-order valence-corrected chi connectivity index (χ2v) is 6.35. The van der Waals surface area contributed by atoms with Gasteiger partial charge in [-0.05, 0) is 6.42 Å². The number of carbonyl (C=O) groups is 1. The van der Waals surface area contributed by atoms with Crippen LogP contribution in [0.1, 0.15) is 37.7 Å². The van der Waals surface area contributed by atoms with Crippen molar-refractivity contribution in [2.75, 3.05) is 13.1 Å². The molecular formula is C17H25N5O2. The van der Waals surface area contributed by atoms with Crippen LogP contribution in [-0.2, 0) is 31.4 Å². The predicted molar refractivity (Wildman–Crippen MR) is 89.0 cm³/mol. The second-order valence-electron chi connectivity index (χ2n) is 6.35. The molecule has 0 saturated carbocycles. The molecule has 0 bridgehead atoms. The fourth-order valence-electron chi connectivity index (χ4n) is 3.19. The maximum Gasteiger partial charge on any atom is 0.220 e. The van der Waals surface area contributed by atoms with Gasteiger partial charge in [0.15, 0.2) is 0 Å². The topological polar surface area (TPSA) is 67.4 Å². The highest BCUT2D eigenvalue weighted by atomic mass is 16.4. The van der Waals surface area contributed by atoms with Crippen LogP contribution in [0.2, 0.25) is 0 Å². The molecule has 0 aromatic carbocycles. The highest BCUT2D eigenvalue weighted by Gasteiger charge is 2.30. The molecule has 0 N–H and O–H groups in total. The van der Waals surface area contributed by atoms with Crippen LogP contribution in [-0.4, -0.2) is 49.4 Å². The highest BCUT2D eigenvalue weighted by molar-refractivity contribution is 5.73. The Kier molecular flexibility index (Phi) is 4.99. The Morgan fingerprint density at radius 1 is 1.46 bits per heavy atom. The normalized spacial score (nSPS) is 18.2. The van der Waals surface area contributed by atoms with Crippen LogP contribution in [0.15, 0.2) is 23.0 Å². The third kappa shape index (κ3) is 3.67. The molecule has 1 atom stereocenters. The third-order valence-corrected chi connectivity index (χ3v) is 4.63. The van der Waals surface area contributed by atoms with E-state index >= 15 is 0 Å². The van der Waals surface area contributed by atoms with Crippen LogP contribution in [0.25, 0.3) is 0 Å². The Morgan fingerprint density at radius 3 is 2.92 bits per heavy atom. The minimum Gasteiger partial charge on any atom is -0.444 e. The number of aryl methyl sites for hydroxylation is 2. The molecular weight excluding hydrogens is 306 g/mol. The average Bonchev–Trinajstić information content (AvgIpc) is 3.27. The maximum atomic E-state index is 12.1. The lowest BCUT2D eigenvalue weighted by Gasteiger charge is -2.27. The number of hydrogen-bond acceptors (Lipinski definition) is 5. The van der Waals surface area contributed by atoms with Gasteiger partial charge in [-0.3, -0.25) is 9.69 Å². The largest absolute Gasteiger partial charge is 0.444 e. The molecule has 2 aromatic rings. The van der Waals surface area contributed by atoms with Crippen molar-refractivity contribution in [2.24, 2.45) is 7.05 Å². The number of oxazole rings is 1. The summed E-state index contributed by atoms with van der Waals surface area (Å²) in [5.41, 5.74) is 0. The molecule has 0 aliphatic carbocycles. The number of hydrogen-bond donors (Lipinski definition) is 0. The highest BCUT2D eigenvalue weighted by Crippen LogP contribution is 2.20. The number of rotatable bonds is 6. The Morgan fingerprint density at radius 2 is 2.29 bits per heavy atom. The molecule has 3 rings (SSSR count). The van der Waals surface area contributed by atoms with Crippen molar-refractivity contribution < 1.29 is 9.21 Å². The maximum absolute atomic E-state index is 12.1. The van der Waals surface area contributed by atoms with Gasteiger partial charge in [0.2, 0.25) is 11.8 Å². The Balaban J connectivity index is 1.62.